The lowest BCUT2D eigenvalue weighted by atomic mass is 10.0. The number of benzene rings is 2. The average molecular weight is 451 g/mol. The van der Waals surface area contributed by atoms with Crippen molar-refractivity contribution < 1.29 is 9.13 Å². The van der Waals surface area contributed by atoms with Gasteiger partial charge in [-0.3, -0.25) is 9.78 Å². The number of nitrogens with zero attached hydrogens (tertiary/aromatic N) is 3. The Morgan fingerprint density at radius 3 is 2.72 bits per heavy atom. The third-order valence-electron chi connectivity index (χ3n) is 4.94. The Balaban J connectivity index is 1.75. The van der Waals surface area contributed by atoms with Gasteiger partial charge in [-0.25, -0.2) is 4.39 Å². The highest BCUT2D eigenvalue weighted by Crippen LogP contribution is 2.27. The van der Waals surface area contributed by atoms with Gasteiger partial charge in [0, 0.05) is 28.7 Å². The van der Waals surface area contributed by atoms with Gasteiger partial charge in [-0.2, -0.15) is 4.98 Å². The number of nitrogens with one attached hydrogen (secondary N) is 1. The molecule has 1 N–H and O–H groups in total. The van der Waals surface area contributed by atoms with Crippen molar-refractivity contribution in [3.63, 3.8) is 0 Å². The highest BCUT2D eigenvalue weighted by molar-refractivity contribution is 6.30. The first-order valence-electron chi connectivity index (χ1n) is 9.81. The molecule has 0 atom stereocenters. The standard InChI is InChI=1S/C24H20ClFN4O2/c1-15-5-6-17(18-4-3-7-27-12-18)10-21(15)28-24-29-23(31)22(32-2)14-30(24)13-16-8-19(25)11-20(26)9-16/h3-12,14H,13H2,1-2H3,(H,28,29,31). The molecule has 4 rings (SSSR count). The van der Waals surface area contributed by atoms with Gasteiger partial charge in [-0.05, 0) is 53.9 Å². The first kappa shape index (κ1) is 21.5. The van der Waals surface area contributed by atoms with Gasteiger partial charge in [0.15, 0.2) is 0 Å². The van der Waals surface area contributed by atoms with E-state index in [1.165, 1.54) is 25.4 Å². The average Bonchev–Trinajstić information content (AvgIpc) is 2.77. The summed E-state index contributed by atoms with van der Waals surface area (Å²) in [6, 6.07) is 14.1. The summed E-state index contributed by atoms with van der Waals surface area (Å²) in [4.78, 5) is 20.7. The molecule has 2 heterocycles. The zero-order valence-electron chi connectivity index (χ0n) is 17.5. The molecular formula is C24H20ClFN4O2. The Morgan fingerprint density at radius 1 is 1.16 bits per heavy atom. The van der Waals surface area contributed by atoms with Crippen molar-refractivity contribution in [2.45, 2.75) is 13.5 Å². The predicted molar refractivity (Wildman–Crippen MR) is 123 cm³/mol. The van der Waals surface area contributed by atoms with Gasteiger partial charge in [0.25, 0.3) is 0 Å². The molecule has 2 aromatic heterocycles. The summed E-state index contributed by atoms with van der Waals surface area (Å²) in [5, 5.41) is 3.53. The third kappa shape index (κ3) is 4.78. The van der Waals surface area contributed by atoms with E-state index in [1.807, 2.05) is 37.3 Å². The van der Waals surface area contributed by atoms with E-state index >= 15 is 0 Å². The smallest absolute Gasteiger partial charge is 0.316 e. The number of hydrogen-bond acceptors (Lipinski definition) is 5. The summed E-state index contributed by atoms with van der Waals surface area (Å²) >= 11 is 6.01. The molecule has 32 heavy (non-hydrogen) atoms. The quantitative estimate of drug-likeness (QED) is 0.437. The molecule has 0 saturated carbocycles. The van der Waals surface area contributed by atoms with Crippen molar-refractivity contribution in [1.29, 1.82) is 0 Å². The summed E-state index contributed by atoms with van der Waals surface area (Å²) in [5.41, 5.74) is 3.77. The van der Waals surface area contributed by atoms with Crippen LogP contribution in [0.1, 0.15) is 11.1 Å². The van der Waals surface area contributed by atoms with E-state index in [4.69, 9.17) is 16.3 Å². The zero-order chi connectivity index (χ0) is 22.7. The van der Waals surface area contributed by atoms with Crippen LogP contribution in [0, 0.1) is 12.7 Å². The van der Waals surface area contributed by atoms with Crippen LogP contribution < -0.4 is 15.6 Å². The van der Waals surface area contributed by atoms with Crippen LogP contribution in [0.5, 0.6) is 5.75 Å². The minimum absolute atomic E-state index is 0.0823. The number of hydrogen-bond donors (Lipinski definition) is 1. The molecule has 0 radical (unpaired) electrons. The van der Waals surface area contributed by atoms with E-state index in [2.05, 4.69) is 15.3 Å². The van der Waals surface area contributed by atoms with Crippen LogP contribution in [0.3, 0.4) is 0 Å². The minimum atomic E-state index is -0.510. The van der Waals surface area contributed by atoms with Gasteiger partial charge in [0.05, 0.1) is 19.9 Å². The molecular weight excluding hydrogens is 431 g/mol. The molecule has 0 aliphatic heterocycles. The summed E-state index contributed by atoms with van der Waals surface area (Å²) < 4.78 is 20.7. The second-order valence-electron chi connectivity index (χ2n) is 7.24. The molecule has 0 aliphatic rings. The van der Waals surface area contributed by atoms with Gasteiger partial charge in [-0.15, -0.1) is 0 Å². The van der Waals surface area contributed by atoms with Crippen molar-refractivity contribution >= 4 is 23.2 Å². The molecule has 0 saturated heterocycles. The molecule has 0 spiro atoms. The Hall–Kier alpha value is -3.71. The minimum Gasteiger partial charge on any atom is -0.490 e. The fourth-order valence-corrected chi connectivity index (χ4v) is 3.57. The van der Waals surface area contributed by atoms with Crippen LogP contribution in [0.4, 0.5) is 16.0 Å². The van der Waals surface area contributed by atoms with Crippen LogP contribution in [-0.4, -0.2) is 21.6 Å². The lowest BCUT2D eigenvalue weighted by Crippen LogP contribution is -2.19. The number of aryl methyl sites for hydroxylation is 1. The van der Waals surface area contributed by atoms with Crippen molar-refractivity contribution in [3.8, 4) is 16.9 Å². The van der Waals surface area contributed by atoms with Gasteiger partial charge >= 0.3 is 5.56 Å². The van der Waals surface area contributed by atoms with Crippen LogP contribution >= 0.6 is 11.6 Å². The molecule has 162 valence electrons. The van der Waals surface area contributed by atoms with E-state index in [9.17, 15) is 9.18 Å². The molecule has 6 nitrogen and oxygen atoms in total. The number of anilines is 2. The molecule has 8 heteroatoms. The van der Waals surface area contributed by atoms with Crippen molar-refractivity contribution in [3.05, 3.63) is 99.4 Å². The molecule has 0 aliphatic carbocycles. The van der Waals surface area contributed by atoms with Gasteiger partial charge in [0.1, 0.15) is 5.82 Å². The summed E-state index contributed by atoms with van der Waals surface area (Å²) in [6.07, 6.45) is 5.04. The Kier molecular flexibility index (Phi) is 6.18. The Labute approximate surface area is 189 Å². The second-order valence-corrected chi connectivity index (χ2v) is 7.68. The van der Waals surface area contributed by atoms with Crippen LogP contribution in [0.25, 0.3) is 11.1 Å². The number of halogens is 2. The lowest BCUT2D eigenvalue weighted by molar-refractivity contribution is 0.402. The van der Waals surface area contributed by atoms with E-state index in [0.29, 0.717) is 11.5 Å². The maximum absolute atomic E-state index is 13.8. The number of ether oxygens (including phenoxy) is 1. The summed E-state index contributed by atoms with van der Waals surface area (Å²) in [6.45, 7) is 2.18. The summed E-state index contributed by atoms with van der Waals surface area (Å²) in [7, 11) is 1.40. The maximum atomic E-state index is 13.8. The molecule has 0 unspecified atom stereocenters. The van der Waals surface area contributed by atoms with Crippen molar-refractivity contribution in [2.75, 3.05) is 12.4 Å². The number of rotatable bonds is 6. The number of pyridine rings is 1. The third-order valence-corrected chi connectivity index (χ3v) is 5.16. The van der Waals surface area contributed by atoms with E-state index in [1.54, 1.807) is 23.0 Å². The molecule has 4 aromatic rings. The largest absolute Gasteiger partial charge is 0.490 e. The first-order chi connectivity index (χ1) is 15.4. The van der Waals surface area contributed by atoms with Crippen molar-refractivity contribution in [2.24, 2.45) is 0 Å². The normalized spacial score (nSPS) is 10.8. The highest BCUT2D eigenvalue weighted by Gasteiger charge is 2.13. The topological polar surface area (TPSA) is 69.0 Å². The second kappa shape index (κ2) is 9.20. The summed E-state index contributed by atoms with van der Waals surface area (Å²) in [5.74, 6) is -0.0653. The maximum Gasteiger partial charge on any atom is 0.316 e. The van der Waals surface area contributed by atoms with Crippen LogP contribution in [-0.2, 0) is 6.54 Å². The van der Waals surface area contributed by atoms with E-state index in [-0.39, 0.29) is 17.3 Å². The highest BCUT2D eigenvalue weighted by atomic mass is 35.5. The number of aromatic nitrogens is 3. The first-order valence-corrected chi connectivity index (χ1v) is 10.2. The van der Waals surface area contributed by atoms with Gasteiger partial charge in [0.2, 0.25) is 11.7 Å². The number of methoxy groups -OCH3 is 1. The Morgan fingerprint density at radius 2 is 2.00 bits per heavy atom. The zero-order valence-corrected chi connectivity index (χ0v) is 18.2. The van der Waals surface area contributed by atoms with Crippen molar-refractivity contribution in [1.82, 2.24) is 14.5 Å². The van der Waals surface area contributed by atoms with E-state index in [0.717, 1.165) is 22.4 Å². The fourth-order valence-electron chi connectivity index (χ4n) is 3.32. The van der Waals surface area contributed by atoms with Gasteiger partial charge < -0.3 is 14.6 Å². The van der Waals surface area contributed by atoms with Crippen LogP contribution in [0.2, 0.25) is 5.02 Å². The monoisotopic (exact) mass is 450 g/mol. The molecule has 2 aromatic carbocycles. The molecule has 0 amide bonds. The fraction of sp³-hybridized carbons (Fsp3) is 0.125. The van der Waals surface area contributed by atoms with E-state index < -0.39 is 11.4 Å². The SMILES string of the molecule is COc1cn(Cc2cc(F)cc(Cl)c2)c(Nc2cc(-c3cccnc3)ccc2C)nc1=O. The van der Waals surface area contributed by atoms with Crippen LogP contribution in [0.15, 0.2) is 71.9 Å². The lowest BCUT2D eigenvalue weighted by Gasteiger charge is -2.17. The molecule has 0 fully saturated rings. The van der Waals surface area contributed by atoms with Gasteiger partial charge in [-0.1, -0.05) is 29.8 Å². The predicted octanol–water partition coefficient (Wildman–Crippen LogP) is 5.21. The Bertz CT molecular complexity index is 1310. The molecule has 0 bridgehead atoms.